The van der Waals surface area contributed by atoms with Gasteiger partial charge in [0.25, 0.3) is 0 Å². The van der Waals surface area contributed by atoms with Gasteiger partial charge in [-0.05, 0) is 32.6 Å². The molecule has 3 heteroatoms. The summed E-state index contributed by atoms with van der Waals surface area (Å²) in [6.45, 7) is 3.92. The average Bonchev–Trinajstić information content (AvgIpc) is 2.55. The lowest BCUT2D eigenvalue weighted by Crippen LogP contribution is -2.27. The highest BCUT2D eigenvalue weighted by atomic mass is 16.2. The zero-order valence-corrected chi connectivity index (χ0v) is 8.46. The van der Waals surface area contributed by atoms with Crippen LogP contribution in [0.4, 0.5) is 0 Å². The average molecular weight is 184 g/mol. The second-order valence-electron chi connectivity index (χ2n) is 3.96. The number of hydrogen-bond donors (Lipinski definition) is 1. The lowest BCUT2D eigenvalue weighted by molar-refractivity contribution is -0.130. The molecule has 1 unspecified atom stereocenters. The molecule has 0 aromatic rings. The lowest BCUT2D eigenvalue weighted by Gasteiger charge is -2.15. The van der Waals surface area contributed by atoms with Crippen molar-refractivity contribution in [1.29, 1.82) is 0 Å². The van der Waals surface area contributed by atoms with Crippen LogP contribution in [0.1, 0.15) is 39.0 Å². The van der Waals surface area contributed by atoms with Crippen LogP contribution in [0.5, 0.6) is 0 Å². The number of carbonyl (C=O) groups excluding carboxylic acids is 1. The first-order chi connectivity index (χ1) is 6.20. The molecule has 1 saturated heterocycles. The molecular weight excluding hydrogens is 164 g/mol. The van der Waals surface area contributed by atoms with Crippen LogP contribution < -0.4 is 5.73 Å². The summed E-state index contributed by atoms with van der Waals surface area (Å²) in [6, 6.07) is 0.228. The fourth-order valence-corrected chi connectivity index (χ4v) is 1.70. The summed E-state index contributed by atoms with van der Waals surface area (Å²) in [6.07, 6.45) is 4.94. The summed E-state index contributed by atoms with van der Waals surface area (Å²) < 4.78 is 0. The van der Waals surface area contributed by atoms with Gasteiger partial charge in [-0.1, -0.05) is 0 Å². The molecule has 0 saturated carbocycles. The fourth-order valence-electron chi connectivity index (χ4n) is 1.70. The molecule has 0 aromatic carbocycles. The molecule has 0 spiro atoms. The predicted molar refractivity (Wildman–Crippen MR) is 53.3 cm³/mol. The minimum absolute atomic E-state index is 0.228. The van der Waals surface area contributed by atoms with Crippen LogP contribution in [0.2, 0.25) is 0 Å². The Morgan fingerprint density at radius 3 is 2.62 bits per heavy atom. The van der Waals surface area contributed by atoms with Gasteiger partial charge in [0.05, 0.1) is 0 Å². The van der Waals surface area contributed by atoms with Gasteiger partial charge >= 0.3 is 0 Å². The molecule has 2 N–H and O–H groups in total. The van der Waals surface area contributed by atoms with E-state index in [2.05, 4.69) is 0 Å². The van der Waals surface area contributed by atoms with Gasteiger partial charge in [-0.25, -0.2) is 0 Å². The molecule has 1 rings (SSSR count). The highest BCUT2D eigenvalue weighted by Gasteiger charge is 2.16. The quantitative estimate of drug-likeness (QED) is 0.712. The molecule has 1 heterocycles. The summed E-state index contributed by atoms with van der Waals surface area (Å²) in [5, 5.41) is 0. The number of amides is 1. The van der Waals surface area contributed by atoms with Crippen LogP contribution >= 0.6 is 0 Å². The molecule has 1 amide bonds. The number of nitrogens with two attached hydrogens (primary N) is 1. The first-order valence-electron chi connectivity index (χ1n) is 5.23. The molecule has 0 aromatic heterocycles. The third-order valence-corrected chi connectivity index (χ3v) is 2.51. The number of rotatable bonds is 4. The second kappa shape index (κ2) is 5.22. The monoisotopic (exact) mass is 184 g/mol. The minimum atomic E-state index is 0.228. The van der Waals surface area contributed by atoms with Gasteiger partial charge in [-0.3, -0.25) is 4.79 Å². The van der Waals surface area contributed by atoms with Gasteiger partial charge in [0.1, 0.15) is 0 Å². The lowest BCUT2D eigenvalue weighted by atomic mass is 10.1. The van der Waals surface area contributed by atoms with Crippen molar-refractivity contribution in [1.82, 2.24) is 4.90 Å². The third kappa shape index (κ3) is 3.77. The van der Waals surface area contributed by atoms with Crippen molar-refractivity contribution in [2.24, 2.45) is 5.73 Å². The van der Waals surface area contributed by atoms with Crippen molar-refractivity contribution < 1.29 is 4.79 Å². The van der Waals surface area contributed by atoms with Crippen LogP contribution in [-0.2, 0) is 4.79 Å². The van der Waals surface area contributed by atoms with Crippen LogP contribution in [0.15, 0.2) is 0 Å². The van der Waals surface area contributed by atoms with Crippen molar-refractivity contribution in [2.45, 2.75) is 45.1 Å². The Bertz CT molecular complexity index is 162. The van der Waals surface area contributed by atoms with Crippen molar-refractivity contribution in [3.8, 4) is 0 Å². The predicted octanol–water partition coefficient (Wildman–Crippen LogP) is 1.13. The second-order valence-corrected chi connectivity index (χ2v) is 3.96. The molecule has 3 nitrogen and oxygen atoms in total. The highest BCUT2D eigenvalue weighted by molar-refractivity contribution is 5.76. The molecule has 76 valence electrons. The Morgan fingerprint density at radius 1 is 1.46 bits per heavy atom. The molecule has 1 aliphatic rings. The zero-order valence-electron chi connectivity index (χ0n) is 8.46. The van der Waals surface area contributed by atoms with E-state index in [1.807, 2.05) is 11.8 Å². The molecule has 13 heavy (non-hydrogen) atoms. The van der Waals surface area contributed by atoms with E-state index in [9.17, 15) is 4.79 Å². The smallest absolute Gasteiger partial charge is 0.222 e. The number of likely N-dealkylation sites (tertiary alicyclic amines) is 1. The van der Waals surface area contributed by atoms with Crippen LogP contribution in [0.25, 0.3) is 0 Å². The molecule has 0 radical (unpaired) electrons. The van der Waals surface area contributed by atoms with Crippen LogP contribution in [-0.4, -0.2) is 29.9 Å². The fraction of sp³-hybridized carbons (Fsp3) is 0.900. The van der Waals surface area contributed by atoms with Crippen molar-refractivity contribution in [3.63, 3.8) is 0 Å². The molecule has 0 bridgehead atoms. The van der Waals surface area contributed by atoms with Gasteiger partial charge < -0.3 is 10.6 Å². The van der Waals surface area contributed by atoms with Crippen LogP contribution in [0.3, 0.4) is 0 Å². The summed E-state index contributed by atoms with van der Waals surface area (Å²) in [7, 11) is 0. The highest BCUT2D eigenvalue weighted by Crippen LogP contribution is 2.10. The van der Waals surface area contributed by atoms with E-state index in [1.165, 1.54) is 12.8 Å². The van der Waals surface area contributed by atoms with Crippen LogP contribution in [0, 0.1) is 0 Å². The van der Waals surface area contributed by atoms with E-state index in [1.54, 1.807) is 0 Å². The van der Waals surface area contributed by atoms with Gasteiger partial charge in [0.15, 0.2) is 0 Å². The topological polar surface area (TPSA) is 46.3 Å². The first kappa shape index (κ1) is 10.5. The molecular formula is C10H20N2O. The minimum Gasteiger partial charge on any atom is -0.343 e. The summed E-state index contributed by atoms with van der Waals surface area (Å²) in [4.78, 5) is 13.5. The zero-order chi connectivity index (χ0) is 9.68. The van der Waals surface area contributed by atoms with E-state index >= 15 is 0 Å². The molecule has 1 fully saturated rings. The summed E-state index contributed by atoms with van der Waals surface area (Å²) in [5.74, 6) is 0.318. The van der Waals surface area contributed by atoms with Crippen molar-refractivity contribution in [3.05, 3.63) is 0 Å². The van der Waals surface area contributed by atoms with Gasteiger partial charge in [-0.2, -0.15) is 0 Å². The number of carbonyl (C=O) groups is 1. The van der Waals surface area contributed by atoms with Gasteiger partial charge in [-0.15, -0.1) is 0 Å². The Kier molecular flexibility index (Phi) is 4.22. The van der Waals surface area contributed by atoms with E-state index in [0.717, 1.165) is 25.9 Å². The Hall–Kier alpha value is -0.570. The van der Waals surface area contributed by atoms with E-state index in [0.29, 0.717) is 12.3 Å². The molecule has 1 atom stereocenters. The van der Waals surface area contributed by atoms with Crippen molar-refractivity contribution >= 4 is 5.91 Å². The Balaban J connectivity index is 2.10. The SMILES string of the molecule is CC(N)CCCC(=O)N1CCCC1. The summed E-state index contributed by atoms with van der Waals surface area (Å²) >= 11 is 0. The third-order valence-electron chi connectivity index (χ3n) is 2.51. The Morgan fingerprint density at radius 2 is 2.08 bits per heavy atom. The first-order valence-corrected chi connectivity index (χ1v) is 5.23. The maximum Gasteiger partial charge on any atom is 0.222 e. The van der Waals surface area contributed by atoms with E-state index < -0.39 is 0 Å². The Labute approximate surface area is 80.3 Å². The van der Waals surface area contributed by atoms with E-state index in [-0.39, 0.29) is 6.04 Å². The van der Waals surface area contributed by atoms with Crippen molar-refractivity contribution in [2.75, 3.05) is 13.1 Å². The standard InChI is InChI=1S/C10H20N2O/c1-9(11)5-4-6-10(13)12-7-2-3-8-12/h9H,2-8,11H2,1H3. The summed E-state index contributed by atoms with van der Waals surface area (Å²) in [5.41, 5.74) is 5.61. The largest absolute Gasteiger partial charge is 0.343 e. The van der Waals surface area contributed by atoms with Gasteiger partial charge in [0, 0.05) is 25.6 Å². The normalized spacial score (nSPS) is 19.1. The van der Waals surface area contributed by atoms with Gasteiger partial charge in [0.2, 0.25) is 5.91 Å². The maximum atomic E-state index is 11.5. The van der Waals surface area contributed by atoms with E-state index in [4.69, 9.17) is 5.73 Å². The number of nitrogens with zero attached hydrogens (tertiary/aromatic N) is 1. The molecule has 1 aliphatic heterocycles. The number of hydrogen-bond acceptors (Lipinski definition) is 2. The molecule has 0 aliphatic carbocycles. The maximum absolute atomic E-state index is 11.5.